The van der Waals surface area contributed by atoms with Crippen molar-refractivity contribution in [2.45, 2.75) is 12.3 Å². The van der Waals surface area contributed by atoms with Gasteiger partial charge in [0.15, 0.2) is 12.3 Å². The van der Waals surface area contributed by atoms with Crippen LogP contribution in [0.3, 0.4) is 0 Å². The number of nitrogens with zero attached hydrogens (tertiary/aromatic N) is 3. The fourth-order valence-electron chi connectivity index (χ4n) is 2.24. The summed E-state index contributed by atoms with van der Waals surface area (Å²) in [6, 6.07) is -4.09. The van der Waals surface area contributed by atoms with Gasteiger partial charge in [0.25, 0.3) is 11.8 Å². The number of aliphatic hydroxyl groups excluding tert-OH is 2. The van der Waals surface area contributed by atoms with E-state index in [1.54, 1.807) is 0 Å². The van der Waals surface area contributed by atoms with Crippen LogP contribution in [0.4, 0.5) is 19.2 Å². The molecule has 2 atom stereocenters. The van der Waals surface area contributed by atoms with E-state index in [1.165, 1.54) is 0 Å². The van der Waals surface area contributed by atoms with E-state index in [-0.39, 0.29) is 0 Å². The third-order valence-corrected chi connectivity index (χ3v) is 3.59. The predicted molar refractivity (Wildman–Crippen MR) is 80.5 cm³/mol. The molecule has 148 valence electrons. The Bertz CT molecular complexity index is 698. The molecule has 2 aliphatic rings. The zero-order valence-corrected chi connectivity index (χ0v) is 13.5. The molecule has 2 unspecified atom stereocenters. The van der Waals surface area contributed by atoms with E-state index < -0.39 is 68.4 Å². The molecule has 2 aliphatic heterocycles. The number of aliphatic hydroxyl groups is 2. The summed E-state index contributed by atoms with van der Waals surface area (Å²) in [6.07, 6.45) is -3.01. The maximum absolute atomic E-state index is 11.9. The first kappa shape index (κ1) is 19.7. The van der Waals surface area contributed by atoms with E-state index in [0.717, 1.165) is 0 Å². The normalized spacial score (nSPS) is 21.9. The topological polar surface area (TPSA) is 227 Å². The molecule has 10 amide bonds. The molecule has 2 heterocycles. The molecule has 16 nitrogen and oxygen atoms in total. The number of nitrogens with two attached hydrogens (primary N) is 1. The van der Waals surface area contributed by atoms with E-state index in [9.17, 15) is 28.8 Å². The van der Waals surface area contributed by atoms with Crippen LogP contribution < -0.4 is 27.0 Å². The van der Waals surface area contributed by atoms with Crippen LogP contribution in [0, 0.1) is 0 Å². The Morgan fingerprint density at radius 3 is 2.07 bits per heavy atom. The van der Waals surface area contributed by atoms with E-state index in [1.807, 2.05) is 0 Å². The Morgan fingerprint density at radius 2 is 1.59 bits per heavy atom. The predicted octanol–water partition coefficient (Wildman–Crippen LogP) is -4.72. The second kappa shape index (κ2) is 7.70. The molecule has 16 heteroatoms. The van der Waals surface area contributed by atoms with Crippen molar-refractivity contribution >= 4 is 35.9 Å². The molecule has 0 aromatic carbocycles. The molecule has 0 spiro atoms. The van der Waals surface area contributed by atoms with Crippen molar-refractivity contribution in [1.29, 1.82) is 0 Å². The van der Waals surface area contributed by atoms with Crippen LogP contribution in [0.15, 0.2) is 0 Å². The number of rotatable bonds is 6. The molecule has 0 aliphatic carbocycles. The SMILES string of the molecule is NC(=O)N(CNC(=O)NC1NC(=O)N(CO)C1=O)C1NC(=O)N(CO)C1=O. The van der Waals surface area contributed by atoms with Crippen molar-refractivity contribution < 1.29 is 39.0 Å². The summed E-state index contributed by atoms with van der Waals surface area (Å²) in [6.45, 7) is -2.47. The van der Waals surface area contributed by atoms with Crippen LogP contribution in [-0.2, 0) is 9.59 Å². The molecule has 0 radical (unpaired) electrons. The van der Waals surface area contributed by atoms with Crippen molar-refractivity contribution in [1.82, 2.24) is 36.0 Å². The molecule has 0 aromatic heterocycles. The Labute approximate surface area is 150 Å². The summed E-state index contributed by atoms with van der Waals surface area (Å²) < 4.78 is 0. The summed E-state index contributed by atoms with van der Waals surface area (Å²) in [5.41, 5.74) is 5.12. The number of nitrogens with one attached hydrogen (secondary N) is 4. The average molecular weight is 388 g/mol. The van der Waals surface area contributed by atoms with Crippen LogP contribution in [0.1, 0.15) is 0 Å². The van der Waals surface area contributed by atoms with Gasteiger partial charge in [-0.15, -0.1) is 0 Å². The molecule has 2 saturated heterocycles. The summed E-state index contributed by atoms with van der Waals surface area (Å²) in [5, 5.41) is 26.2. The highest BCUT2D eigenvalue weighted by Gasteiger charge is 2.43. The zero-order chi connectivity index (χ0) is 20.3. The highest BCUT2D eigenvalue weighted by atomic mass is 16.3. The van der Waals surface area contributed by atoms with Gasteiger partial charge in [0.05, 0.1) is 6.67 Å². The average Bonchev–Trinajstić information content (AvgIpc) is 3.02. The summed E-state index contributed by atoms with van der Waals surface area (Å²) in [4.78, 5) is 71.3. The number of carbonyl (C=O) groups excluding carboxylic acids is 6. The standard InChI is InChI=1S/C11H16N8O8/c12-8(24)17(5-7(23)19(3-21)11(27)16-5)1-13-9(25)14-4-6(22)18(2-20)10(26)15-4/h4-5,20-21H,1-3H2,(H2,12,24)(H,15,26)(H,16,27)(H2,13,14,25). The fourth-order valence-corrected chi connectivity index (χ4v) is 2.24. The van der Waals surface area contributed by atoms with Gasteiger partial charge in [-0.3, -0.25) is 14.5 Å². The van der Waals surface area contributed by atoms with Gasteiger partial charge in [-0.1, -0.05) is 0 Å². The van der Waals surface area contributed by atoms with Gasteiger partial charge in [0.1, 0.15) is 13.5 Å². The number of urea groups is 4. The number of hydrogen-bond acceptors (Lipinski definition) is 8. The Hall–Kier alpha value is -3.66. The molecule has 2 fully saturated rings. The number of imide groups is 2. The number of hydrogen-bond donors (Lipinski definition) is 7. The zero-order valence-electron chi connectivity index (χ0n) is 13.5. The smallest absolute Gasteiger partial charge is 0.328 e. The molecular weight excluding hydrogens is 372 g/mol. The van der Waals surface area contributed by atoms with Gasteiger partial charge in [-0.25, -0.2) is 29.0 Å². The summed E-state index contributed by atoms with van der Waals surface area (Å²) in [5.74, 6) is -1.89. The lowest BCUT2D eigenvalue weighted by Crippen LogP contribution is -2.58. The third kappa shape index (κ3) is 3.80. The van der Waals surface area contributed by atoms with Gasteiger partial charge in [0, 0.05) is 0 Å². The van der Waals surface area contributed by atoms with E-state index >= 15 is 0 Å². The lowest BCUT2D eigenvalue weighted by molar-refractivity contribution is -0.132. The largest absolute Gasteiger partial charge is 0.376 e. The van der Waals surface area contributed by atoms with Crippen LogP contribution in [0.5, 0.6) is 0 Å². The molecule has 27 heavy (non-hydrogen) atoms. The number of amides is 10. The van der Waals surface area contributed by atoms with Crippen molar-refractivity contribution in [3.63, 3.8) is 0 Å². The first-order valence-electron chi connectivity index (χ1n) is 7.27. The highest BCUT2D eigenvalue weighted by Crippen LogP contribution is 2.09. The number of carbonyl (C=O) groups is 6. The van der Waals surface area contributed by atoms with E-state index in [4.69, 9.17) is 15.9 Å². The lowest BCUT2D eigenvalue weighted by Gasteiger charge is -2.25. The molecule has 8 N–H and O–H groups in total. The minimum Gasteiger partial charge on any atom is -0.376 e. The van der Waals surface area contributed by atoms with E-state index in [0.29, 0.717) is 14.7 Å². The fraction of sp³-hybridized carbons (Fsp3) is 0.455. The van der Waals surface area contributed by atoms with Crippen LogP contribution in [0.25, 0.3) is 0 Å². The Balaban J connectivity index is 1.95. The second-order valence-electron chi connectivity index (χ2n) is 5.17. The van der Waals surface area contributed by atoms with Crippen LogP contribution >= 0.6 is 0 Å². The summed E-state index contributed by atoms with van der Waals surface area (Å²) >= 11 is 0. The Morgan fingerprint density at radius 1 is 1.04 bits per heavy atom. The molecule has 0 bridgehead atoms. The van der Waals surface area contributed by atoms with Gasteiger partial charge >= 0.3 is 24.1 Å². The Kier molecular flexibility index (Phi) is 5.61. The van der Waals surface area contributed by atoms with Gasteiger partial charge in [-0.2, -0.15) is 0 Å². The van der Waals surface area contributed by atoms with E-state index in [2.05, 4.69) is 21.3 Å². The first-order chi connectivity index (χ1) is 12.7. The molecule has 0 saturated carbocycles. The lowest BCUT2D eigenvalue weighted by atomic mass is 10.4. The van der Waals surface area contributed by atoms with Crippen molar-refractivity contribution in [2.75, 3.05) is 20.1 Å². The molecule has 0 aromatic rings. The van der Waals surface area contributed by atoms with Gasteiger partial charge < -0.3 is 37.2 Å². The first-order valence-corrected chi connectivity index (χ1v) is 7.27. The van der Waals surface area contributed by atoms with Crippen LogP contribution in [-0.4, -0.2) is 93.3 Å². The number of primary amides is 1. The quantitative estimate of drug-likeness (QED) is 0.172. The molecule has 2 rings (SSSR count). The van der Waals surface area contributed by atoms with Crippen molar-refractivity contribution in [3.8, 4) is 0 Å². The summed E-state index contributed by atoms with van der Waals surface area (Å²) in [7, 11) is 0. The second-order valence-corrected chi connectivity index (χ2v) is 5.17. The minimum absolute atomic E-state index is 0.414. The van der Waals surface area contributed by atoms with Crippen molar-refractivity contribution in [3.05, 3.63) is 0 Å². The van der Waals surface area contributed by atoms with Crippen LogP contribution in [0.2, 0.25) is 0 Å². The third-order valence-electron chi connectivity index (χ3n) is 3.59. The molecular formula is C11H16N8O8. The monoisotopic (exact) mass is 388 g/mol. The van der Waals surface area contributed by atoms with Gasteiger partial charge in [-0.05, 0) is 0 Å². The maximum Gasteiger partial charge on any atom is 0.328 e. The van der Waals surface area contributed by atoms with Gasteiger partial charge in [0.2, 0.25) is 0 Å². The highest BCUT2D eigenvalue weighted by molar-refractivity contribution is 6.06. The minimum atomic E-state index is -1.56. The van der Waals surface area contributed by atoms with Crippen molar-refractivity contribution in [2.24, 2.45) is 5.73 Å². The maximum atomic E-state index is 11.9.